The predicted molar refractivity (Wildman–Crippen MR) is 28.8 cm³/mol. The quantitative estimate of drug-likeness (QED) is 0.480. The maximum atomic E-state index is 3.03. The van der Waals surface area contributed by atoms with Gasteiger partial charge in [0, 0.05) is 0 Å². The van der Waals surface area contributed by atoms with Gasteiger partial charge in [0.1, 0.15) is 0 Å². The summed E-state index contributed by atoms with van der Waals surface area (Å²) in [6.07, 6.45) is 0. The van der Waals surface area contributed by atoms with Gasteiger partial charge in [-0.25, -0.2) is 0 Å². The third kappa shape index (κ3) is 6.60. The second-order valence-electron chi connectivity index (χ2n) is 0.204. The molecule has 0 fully saturated rings. The van der Waals surface area contributed by atoms with Gasteiger partial charge >= 0.3 is 62.3 Å². The van der Waals surface area contributed by atoms with Gasteiger partial charge in [-0.15, -0.1) is 0 Å². The van der Waals surface area contributed by atoms with E-state index in [9.17, 15) is 0 Å². The van der Waals surface area contributed by atoms with Crippen molar-refractivity contribution in [2.24, 2.45) is 0 Å². The van der Waals surface area contributed by atoms with Crippen molar-refractivity contribution in [3.63, 3.8) is 0 Å². The van der Waals surface area contributed by atoms with Gasteiger partial charge in [-0.2, -0.15) is 0 Å². The van der Waals surface area contributed by atoms with E-state index in [4.69, 9.17) is 0 Å². The second kappa shape index (κ2) is 6.60. The van der Waals surface area contributed by atoms with E-state index in [1.807, 2.05) is 0 Å². The van der Waals surface area contributed by atoms with Crippen molar-refractivity contribution in [2.75, 3.05) is 0 Å². The monoisotopic (exact) mass is 400 g/mol. The number of hydrogen-bond acceptors (Lipinski definition) is 0. The molecular weight excluding hydrogens is 395 g/mol. The van der Waals surface area contributed by atoms with Crippen LogP contribution in [0.2, 0.25) is 0 Å². The molecular formula is Se5-2. The number of hydrogen-bond donors (Lipinski definition) is 0. The Morgan fingerprint density at radius 2 is 1.40 bits per heavy atom. The summed E-state index contributed by atoms with van der Waals surface area (Å²) in [5.41, 5.74) is 0. The summed E-state index contributed by atoms with van der Waals surface area (Å²) in [5, 5.41) is 0. The zero-order valence-corrected chi connectivity index (χ0v) is 10.6. The molecule has 0 rings (SSSR count). The van der Waals surface area contributed by atoms with Crippen LogP contribution in [0, 0.1) is 0 Å². The van der Waals surface area contributed by atoms with Crippen LogP contribution in [0.5, 0.6) is 0 Å². The van der Waals surface area contributed by atoms with E-state index in [1.165, 1.54) is 0 Å². The fraction of sp³-hybridized carbons (Fsp3) is 0. The molecule has 0 spiro atoms. The third-order valence-corrected chi connectivity index (χ3v) is 40.5. The molecule has 0 aliphatic rings. The molecule has 0 heterocycles. The average molecular weight is 395 g/mol. The first-order valence-electron chi connectivity index (χ1n) is 0.667. The van der Waals surface area contributed by atoms with Crippen LogP contribution >= 0.6 is 0 Å². The van der Waals surface area contributed by atoms with E-state index in [-0.39, 0.29) is 0 Å². The molecule has 0 unspecified atom stereocenters. The standard InChI is InChI=1S/H2Se5/c1-3-5-4-2/h1-2H/p-2. The average Bonchev–Trinajstić information content (AvgIpc) is 1.41. The fourth-order valence-electron chi connectivity index (χ4n) is 0.0113. The molecule has 0 saturated carbocycles. The summed E-state index contributed by atoms with van der Waals surface area (Å²) in [6.45, 7) is 0. The van der Waals surface area contributed by atoms with Crippen molar-refractivity contribution in [3.8, 4) is 0 Å². The van der Waals surface area contributed by atoms with Crippen LogP contribution in [0.3, 0.4) is 0 Å². The van der Waals surface area contributed by atoms with E-state index in [0.29, 0.717) is 0 Å². The molecule has 5 heavy (non-hydrogen) atoms. The molecule has 5 heteroatoms. The molecule has 0 aromatic carbocycles. The Hall–Kier alpha value is 2.60. The van der Waals surface area contributed by atoms with Crippen LogP contribution in [0.25, 0.3) is 0 Å². The summed E-state index contributed by atoms with van der Waals surface area (Å²) in [5.74, 6) is 0. The molecule has 0 N–H and O–H groups in total. The van der Waals surface area contributed by atoms with Crippen molar-refractivity contribution < 1.29 is 0 Å². The molecule has 32 valence electrons. The molecule has 0 saturated heterocycles. The Kier molecular flexibility index (Phi) is 10.0. The Labute approximate surface area is 61.3 Å². The molecule has 0 aliphatic heterocycles. The SMILES string of the molecule is [Se-][Se][Se][Se][Se-]. The zero-order chi connectivity index (χ0) is 4.12. The van der Waals surface area contributed by atoms with Gasteiger partial charge in [0.05, 0.1) is 0 Å². The van der Waals surface area contributed by atoms with Gasteiger partial charge in [-0.3, -0.25) is 0 Å². The van der Waals surface area contributed by atoms with Crippen LogP contribution in [-0.4, -0.2) is 62.3 Å². The summed E-state index contributed by atoms with van der Waals surface area (Å²) in [6, 6.07) is 0. The fourth-order valence-corrected chi connectivity index (χ4v) is 43.0. The summed E-state index contributed by atoms with van der Waals surface area (Å²) < 4.78 is 0. The second-order valence-corrected chi connectivity index (χ2v) is 28.6. The Morgan fingerprint density at radius 1 is 1.00 bits per heavy atom. The molecule has 0 bridgehead atoms. The van der Waals surface area contributed by atoms with Crippen LogP contribution in [0.4, 0.5) is 0 Å². The van der Waals surface area contributed by atoms with E-state index >= 15 is 0 Å². The molecule has 0 aliphatic carbocycles. The first-order valence-corrected chi connectivity index (χ1v) is 18.0. The van der Waals surface area contributed by atoms with Gasteiger partial charge < -0.3 is 0 Å². The molecule has 0 radical (unpaired) electrons. The Morgan fingerprint density at radius 3 is 1.40 bits per heavy atom. The normalized spacial score (nSPS) is 8.40. The van der Waals surface area contributed by atoms with Crippen molar-refractivity contribution >= 4 is 62.3 Å². The van der Waals surface area contributed by atoms with Crippen molar-refractivity contribution in [1.82, 2.24) is 0 Å². The van der Waals surface area contributed by atoms with Gasteiger partial charge in [-0.05, 0) is 0 Å². The molecule has 0 aromatic rings. The Bertz CT molecular complexity index is 7.51. The minimum atomic E-state index is 0.859. The predicted octanol–water partition coefficient (Wildman–Crippen LogP) is -1.90. The summed E-state index contributed by atoms with van der Waals surface area (Å²) >= 11 is 8.75. The van der Waals surface area contributed by atoms with Gasteiger partial charge in [0.25, 0.3) is 0 Å². The first-order chi connectivity index (χ1) is 2.41. The van der Waals surface area contributed by atoms with Gasteiger partial charge in [-0.1, -0.05) is 0 Å². The van der Waals surface area contributed by atoms with Crippen LogP contribution in [0.15, 0.2) is 0 Å². The van der Waals surface area contributed by atoms with Crippen LogP contribution < -0.4 is 0 Å². The van der Waals surface area contributed by atoms with Crippen LogP contribution in [-0.2, 0) is 0 Å². The Balaban J connectivity index is 2.19. The minimum absolute atomic E-state index is 0.859. The van der Waals surface area contributed by atoms with Gasteiger partial charge in [0.2, 0.25) is 0 Å². The molecule has 0 amide bonds. The van der Waals surface area contributed by atoms with E-state index in [2.05, 4.69) is 28.4 Å². The van der Waals surface area contributed by atoms with E-state index < -0.39 is 0 Å². The summed E-state index contributed by atoms with van der Waals surface area (Å²) in [7, 11) is 0. The molecule has 0 aromatic heterocycles. The summed E-state index contributed by atoms with van der Waals surface area (Å²) in [4.78, 5) is 0. The van der Waals surface area contributed by atoms with Gasteiger partial charge in [0.15, 0.2) is 0 Å². The van der Waals surface area contributed by atoms with E-state index in [0.717, 1.165) is 33.9 Å². The third-order valence-electron chi connectivity index (χ3n) is 0.0556. The van der Waals surface area contributed by atoms with Crippen molar-refractivity contribution in [1.29, 1.82) is 0 Å². The van der Waals surface area contributed by atoms with E-state index in [1.54, 1.807) is 0 Å². The molecule has 0 nitrogen and oxygen atoms in total. The maximum absolute atomic E-state index is 3.03. The zero-order valence-electron chi connectivity index (χ0n) is 2.04. The number of rotatable bonds is 2. The molecule has 0 atom stereocenters. The topological polar surface area (TPSA) is 0 Å². The van der Waals surface area contributed by atoms with Crippen molar-refractivity contribution in [3.05, 3.63) is 0 Å². The van der Waals surface area contributed by atoms with Crippen molar-refractivity contribution in [2.45, 2.75) is 0 Å². The first kappa shape index (κ1) is 7.60. The van der Waals surface area contributed by atoms with Crippen LogP contribution in [0.1, 0.15) is 0 Å².